The summed E-state index contributed by atoms with van der Waals surface area (Å²) >= 11 is 0. The van der Waals surface area contributed by atoms with Gasteiger partial charge in [0, 0.05) is 29.4 Å². The number of nitrogens with zero attached hydrogens (tertiary/aromatic N) is 4. The van der Waals surface area contributed by atoms with E-state index in [-0.39, 0.29) is 17.9 Å². The van der Waals surface area contributed by atoms with E-state index in [1.165, 1.54) is 12.8 Å². The number of pyridine rings is 1. The van der Waals surface area contributed by atoms with Gasteiger partial charge in [-0.25, -0.2) is 9.50 Å². The molecule has 8 nitrogen and oxygen atoms in total. The molecule has 8 heteroatoms. The summed E-state index contributed by atoms with van der Waals surface area (Å²) in [5.41, 5.74) is 5.12. The Balaban J connectivity index is 1.43. The van der Waals surface area contributed by atoms with Gasteiger partial charge in [-0.1, -0.05) is 40.5 Å². The lowest BCUT2D eigenvalue weighted by atomic mass is 9.90. The van der Waals surface area contributed by atoms with Crippen LogP contribution in [0.3, 0.4) is 0 Å². The van der Waals surface area contributed by atoms with E-state index in [2.05, 4.69) is 64.7 Å². The van der Waals surface area contributed by atoms with Gasteiger partial charge < -0.3 is 10.6 Å². The third kappa shape index (κ3) is 5.17. The molecule has 0 radical (unpaired) electrons. The van der Waals surface area contributed by atoms with Gasteiger partial charge in [-0.15, -0.1) is 0 Å². The van der Waals surface area contributed by atoms with Crippen LogP contribution in [0, 0.1) is 12.8 Å². The zero-order chi connectivity index (χ0) is 24.2. The number of aromatic nitrogens is 5. The molecule has 3 N–H and O–H groups in total. The highest BCUT2D eigenvalue weighted by molar-refractivity contribution is 5.96. The number of aromatic amines is 1. The summed E-state index contributed by atoms with van der Waals surface area (Å²) in [4.78, 5) is 17.6. The monoisotopic (exact) mass is 465 g/mol. The fourth-order valence-corrected chi connectivity index (χ4v) is 5.14. The highest BCUT2D eigenvalue weighted by Gasteiger charge is 2.27. The molecule has 0 spiro atoms. The highest BCUT2D eigenvalue weighted by atomic mass is 16.2. The molecule has 0 saturated heterocycles. The fraction of sp³-hybridized carbons (Fsp3) is 0.615. The number of amides is 1. The lowest BCUT2D eigenvalue weighted by Gasteiger charge is -2.30. The van der Waals surface area contributed by atoms with Gasteiger partial charge in [-0.2, -0.15) is 10.2 Å². The van der Waals surface area contributed by atoms with Crippen molar-refractivity contribution in [3.63, 3.8) is 0 Å². The van der Waals surface area contributed by atoms with Crippen LogP contribution in [0.1, 0.15) is 93.8 Å². The zero-order valence-corrected chi connectivity index (χ0v) is 21.2. The molecule has 4 rings (SSSR count). The zero-order valence-electron chi connectivity index (χ0n) is 21.2. The Kier molecular flexibility index (Phi) is 7.66. The number of aryl methyl sites for hydroxylation is 1. The van der Waals surface area contributed by atoms with Crippen molar-refractivity contribution in [3.05, 3.63) is 35.4 Å². The summed E-state index contributed by atoms with van der Waals surface area (Å²) < 4.78 is 1.77. The van der Waals surface area contributed by atoms with Gasteiger partial charge in [0.15, 0.2) is 11.3 Å². The first-order valence-corrected chi connectivity index (χ1v) is 12.8. The van der Waals surface area contributed by atoms with E-state index < -0.39 is 0 Å². The number of fused-ring (bicyclic) bond motifs is 1. The van der Waals surface area contributed by atoms with Crippen LogP contribution in [0.5, 0.6) is 0 Å². The molecule has 0 aromatic carbocycles. The van der Waals surface area contributed by atoms with Crippen LogP contribution >= 0.6 is 0 Å². The van der Waals surface area contributed by atoms with E-state index in [4.69, 9.17) is 0 Å². The molecule has 0 bridgehead atoms. The Bertz CT molecular complexity index is 1100. The van der Waals surface area contributed by atoms with Crippen molar-refractivity contribution in [1.29, 1.82) is 0 Å². The van der Waals surface area contributed by atoms with Gasteiger partial charge in [-0.05, 0) is 62.6 Å². The molecule has 1 amide bonds. The summed E-state index contributed by atoms with van der Waals surface area (Å²) in [5.74, 6) is 0.819. The summed E-state index contributed by atoms with van der Waals surface area (Å²) in [5, 5.41) is 18.9. The quantitative estimate of drug-likeness (QED) is 0.428. The fourth-order valence-electron chi connectivity index (χ4n) is 5.14. The number of hydrogen-bond acceptors (Lipinski definition) is 5. The van der Waals surface area contributed by atoms with Crippen molar-refractivity contribution < 1.29 is 4.79 Å². The molecule has 3 heterocycles. The Hall–Kier alpha value is -2.74. The van der Waals surface area contributed by atoms with Gasteiger partial charge in [0.25, 0.3) is 5.91 Å². The maximum atomic E-state index is 13.3. The van der Waals surface area contributed by atoms with Gasteiger partial charge in [-0.3, -0.25) is 9.89 Å². The van der Waals surface area contributed by atoms with Crippen LogP contribution < -0.4 is 10.6 Å². The average molecular weight is 466 g/mol. The molecule has 1 saturated carbocycles. The lowest BCUT2D eigenvalue weighted by Crippen LogP contribution is -2.43. The molecule has 3 aromatic heterocycles. The second-order valence-electron chi connectivity index (χ2n) is 10.1. The lowest BCUT2D eigenvalue weighted by molar-refractivity contribution is 0.0917. The molecule has 34 heavy (non-hydrogen) atoms. The number of H-pyrrole nitrogens is 1. The predicted octanol–water partition coefficient (Wildman–Crippen LogP) is 4.62. The van der Waals surface area contributed by atoms with E-state index in [0.717, 1.165) is 66.2 Å². The molecule has 1 fully saturated rings. The first-order valence-electron chi connectivity index (χ1n) is 12.8. The second kappa shape index (κ2) is 10.7. The Morgan fingerprint density at radius 2 is 1.88 bits per heavy atom. The van der Waals surface area contributed by atoms with Gasteiger partial charge in [0.2, 0.25) is 0 Å². The molecule has 184 valence electrons. The van der Waals surface area contributed by atoms with Crippen molar-refractivity contribution in [2.75, 3.05) is 6.54 Å². The Morgan fingerprint density at radius 3 is 2.56 bits per heavy atom. The van der Waals surface area contributed by atoms with Crippen LogP contribution in [0.4, 0.5) is 0 Å². The Labute approximate surface area is 202 Å². The van der Waals surface area contributed by atoms with Crippen LogP contribution in [-0.2, 0) is 0 Å². The van der Waals surface area contributed by atoms with Gasteiger partial charge in [0.05, 0.1) is 5.69 Å². The number of carbonyl (C=O) groups excluding carboxylic acids is 1. The largest absolute Gasteiger partial charge is 0.348 e. The van der Waals surface area contributed by atoms with Crippen LogP contribution in [0.15, 0.2) is 18.6 Å². The van der Waals surface area contributed by atoms with E-state index in [9.17, 15) is 4.79 Å². The van der Waals surface area contributed by atoms with Crippen LogP contribution in [-0.4, -0.2) is 49.3 Å². The van der Waals surface area contributed by atoms with Crippen molar-refractivity contribution >= 4 is 11.6 Å². The van der Waals surface area contributed by atoms with Crippen molar-refractivity contribution in [1.82, 2.24) is 35.4 Å². The molecule has 1 aliphatic rings. The van der Waals surface area contributed by atoms with Crippen LogP contribution in [0.2, 0.25) is 0 Å². The van der Waals surface area contributed by atoms with Crippen LogP contribution in [0.25, 0.3) is 16.9 Å². The van der Waals surface area contributed by atoms with E-state index in [1.54, 1.807) is 10.8 Å². The van der Waals surface area contributed by atoms with E-state index in [0.29, 0.717) is 11.7 Å². The minimum atomic E-state index is -0.0850. The summed E-state index contributed by atoms with van der Waals surface area (Å²) in [6.07, 6.45) is 10.2. The minimum Gasteiger partial charge on any atom is -0.348 e. The molecule has 3 aromatic rings. The molecular formula is C26H39N7O. The predicted molar refractivity (Wildman–Crippen MR) is 135 cm³/mol. The number of hydrogen-bond donors (Lipinski definition) is 3. The molecule has 0 aliphatic heterocycles. The number of nitrogens with one attached hydrogen (secondary N) is 3. The van der Waals surface area contributed by atoms with E-state index >= 15 is 0 Å². The minimum absolute atomic E-state index is 0.0850. The third-order valence-electron chi connectivity index (χ3n) is 7.36. The van der Waals surface area contributed by atoms with Gasteiger partial charge >= 0.3 is 0 Å². The first-order chi connectivity index (χ1) is 16.4. The number of carbonyl (C=O) groups is 1. The highest BCUT2D eigenvalue weighted by Crippen LogP contribution is 2.31. The van der Waals surface area contributed by atoms with Crippen molar-refractivity contribution in [2.24, 2.45) is 5.92 Å². The standard InChI is InChI=1S/C26H39N7O/c1-6-18(7-2)13-27-20-8-10-21(11-9-20)30-26(34)24-22(16(3)4)23(31-32-24)19-12-17(5)25-28-15-29-33(25)14-19/h12,14-16,18,20-21,27H,6-11,13H2,1-5H3,(H,30,34)(H,31,32)/t20-,21+. The maximum Gasteiger partial charge on any atom is 0.272 e. The topological polar surface area (TPSA) is 100 Å². The number of rotatable bonds is 9. The maximum absolute atomic E-state index is 13.3. The normalized spacial score (nSPS) is 18.8. The third-order valence-corrected chi connectivity index (χ3v) is 7.36. The van der Waals surface area contributed by atoms with Crippen molar-refractivity contribution in [3.8, 4) is 11.3 Å². The molecule has 0 atom stereocenters. The Morgan fingerprint density at radius 1 is 1.18 bits per heavy atom. The SMILES string of the molecule is CCC(CC)CN[C@H]1CC[C@@H](NC(=O)c2n[nH]c(-c3cc(C)c4ncnn4c3)c2C(C)C)CC1. The summed E-state index contributed by atoms with van der Waals surface area (Å²) in [6, 6.07) is 2.83. The average Bonchev–Trinajstić information content (AvgIpc) is 3.48. The summed E-state index contributed by atoms with van der Waals surface area (Å²) in [6.45, 7) is 11.8. The van der Waals surface area contributed by atoms with E-state index in [1.807, 2.05) is 13.1 Å². The van der Waals surface area contributed by atoms with Crippen molar-refractivity contribution in [2.45, 2.75) is 91.1 Å². The smallest absolute Gasteiger partial charge is 0.272 e. The summed E-state index contributed by atoms with van der Waals surface area (Å²) in [7, 11) is 0. The first kappa shape index (κ1) is 24.4. The molecule has 0 unspecified atom stereocenters. The molecular weight excluding hydrogens is 426 g/mol. The second-order valence-corrected chi connectivity index (χ2v) is 10.1. The molecule has 1 aliphatic carbocycles. The van der Waals surface area contributed by atoms with Gasteiger partial charge in [0.1, 0.15) is 6.33 Å².